The molecule has 0 saturated heterocycles. The summed E-state index contributed by atoms with van der Waals surface area (Å²) in [6.07, 6.45) is 7.73. The van der Waals surface area contributed by atoms with Crippen LogP contribution in [-0.2, 0) is 0 Å². The van der Waals surface area contributed by atoms with Gasteiger partial charge < -0.3 is 10.3 Å². The Morgan fingerprint density at radius 1 is 1.62 bits per heavy atom. The van der Waals surface area contributed by atoms with Gasteiger partial charge in [-0.05, 0) is 31.9 Å². The molecule has 0 radical (unpaired) electrons. The van der Waals surface area contributed by atoms with Crippen molar-refractivity contribution in [3.8, 4) is 0 Å². The van der Waals surface area contributed by atoms with Gasteiger partial charge in [0.15, 0.2) is 0 Å². The summed E-state index contributed by atoms with van der Waals surface area (Å²) in [4.78, 5) is 4.24. The Balaban J connectivity index is 2.05. The number of imidazole rings is 1. The third-order valence-corrected chi connectivity index (χ3v) is 4.55. The monoisotopic (exact) mass is 239 g/mol. The first-order valence-electron chi connectivity index (χ1n) is 6.11. The minimum Gasteiger partial charge on any atom is -0.330 e. The minimum atomic E-state index is 0.0837. The maximum Gasteiger partial charge on any atom is 0.0951 e. The highest BCUT2D eigenvalue weighted by atomic mass is 32.2. The van der Waals surface area contributed by atoms with Gasteiger partial charge >= 0.3 is 0 Å². The lowest BCUT2D eigenvalue weighted by molar-refractivity contribution is 0.489. The molecule has 0 aromatic carbocycles. The van der Waals surface area contributed by atoms with Crippen LogP contribution >= 0.6 is 11.8 Å². The maximum absolute atomic E-state index is 5.95. The molecule has 3 atom stereocenters. The highest BCUT2D eigenvalue weighted by Crippen LogP contribution is 2.37. The van der Waals surface area contributed by atoms with Crippen molar-refractivity contribution in [1.29, 1.82) is 0 Å². The van der Waals surface area contributed by atoms with Gasteiger partial charge in [-0.15, -0.1) is 0 Å². The molecule has 1 saturated carbocycles. The molecule has 0 amide bonds. The lowest BCUT2D eigenvalue weighted by Gasteiger charge is -2.17. The summed E-state index contributed by atoms with van der Waals surface area (Å²) in [5.41, 5.74) is 7.13. The fourth-order valence-electron chi connectivity index (χ4n) is 2.53. The molecule has 2 unspecified atom stereocenters. The van der Waals surface area contributed by atoms with E-state index in [9.17, 15) is 0 Å². The van der Waals surface area contributed by atoms with Gasteiger partial charge in [0.25, 0.3) is 0 Å². The first kappa shape index (κ1) is 12.0. The summed E-state index contributed by atoms with van der Waals surface area (Å²) >= 11 is 2.09. The number of nitrogens with two attached hydrogens (primary N) is 1. The van der Waals surface area contributed by atoms with Gasteiger partial charge in [-0.2, -0.15) is 11.8 Å². The van der Waals surface area contributed by atoms with E-state index >= 15 is 0 Å². The van der Waals surface area contributed by atoms with E-state index in [0.717, 1.165) is 5.25 Å². The van der Waals surface area contributed by atoms with Gasteiger partial charge in [0.1, 0.15) is 0 Å². The van der Waals surface area contributed by atoms with E-state index in [-0.39, 0.29) is 6.04 Å². The quantitative estimate of drug-likeness (QED) is 0.878. The molecule has 1 aliphatic rings. The molecule has 1 aromatic rings. The van der Waals surface area contributed by atoms with Crippen molar-refractivity contribution >= 4 is 11.8 Å². The van der Waals surface area contributed by atoms with E-state index < -0.39 is 0 Å². The molecule has 0 bridgehead atoms. The van der Waals surface area contributed by atoms with E-state index in [2.05, 4.69) is 28.2 Å². The Kier molecular flexibility index (Phi) is 3.92. The Morgan fingerprint density at radius 3 is 3.12 bits per heavy atom. The standard InChI is InChI=1S/C12H21N3S/c1-3-16-11-5-4-10(6-11)15-8-14-7-12(15)9(2)13/h7-11H,3-6,13H2,1-2H3/t9-,10?,11?/m1/s1. The lowest BCUT2D eigenvalue weighted by atomic mass is 10.2. The molecular weight excluding hydrogens is 218 g/mol. The van der Waals surface area contributed by atoms with Crippen LogP contribution in [-0.4, -0.2) is 20.6 Å². The normalized spacial score (nSPS) is 27.2. The van der Waals surface area contributed by atoms with Crippen LogP contribution in [0.4, 0.5) is 0 Å². The molecule has 16 heavy (non-hydrogen) atoms. The largest absolute Gasteiger partial charge is 0.330 e. The molecule has 1 aromatic heterocycles. The van der Waals surface area contributed by atoms with Gasteiger partial charge in [-0.25, -0.2) is 4.98 Å². The van der Waals surface area contributed by atoms with Crippen LogP contribution in [0.1, 0.15) is 50.9 Å². The zero-order valence-electron chi connectivity index (χ0n) is 10.1. The average molecular weight is 239 g/mol. The fourth-order valence-corrected chi connectivity index (χ4v) is 3.66. The second-order valence-corrected chi connectivity index (χ2v) is 6.14. The lowest BCUT2D eigenvalue weighted by Crippen LogP contribution is -2.15. The van der Waals surface area contributed by atoms with Crippen LogP contribution in [0, 0.1) is 0 Å². The molecule has 4 heteroatoms. The predicted octanol–water partition coefficient (Wildman–Crippen LogP) is 2.75. The molecule has 3 nitrogen and oxygen atoms in total. The smallest absolute Gasteiger partial charge is 0.0951 e. The van der Waals surface area contributed by atoms with E-state index in [1.54, 1.807) is 0 Å². The molecular formula is C12H21N3S. The summed E-state index contributed by atoms with van der Waals surface area (Å²) < 4.78 is 2.29. The molecule has 2 rings (SSSR count). The van der Waals surface area contributed by atoms with E-state index in [1.807, 2.05) is 19.4 Å². The van der Waals surface area contributed by atoms with Crippen molar-refractivity contribution in [3.63, 3.8) is 0 Å². The molecule has 90 valence electrons. The molecule has 2 N–H and O–H groups in total. The number of thioether (sulfide) groups is 1. The number of nitrogens with zero attached hydrogens (tertiary/aromatic N) is 2. The Labute approximate surface area is 102 Å². The zero-order chi connectivity index (χ0) is 11.5. The number of rotatable bonds is 4. The van der Waals surface area contributed by atoms with Gasteiger partial charge in [0, 0.05) is 23.5 Å². The van der Waals surface area contributed by atoms with E-state index in [4.69, 9.17) is 5.73 Å². The van der Waals surface area contributed by atoms with Crippen LogP contribution < -0.4 is 5.73 Å². The highest BCUT2D eigenvalue weighted by molar-refractivity contribution is 7.99. The number of aromatic nitrogens is 2. The van der Waals surface area contributed by atoms with Crippen molar-refractivity contribution in [1.82, 2.24) is 9.55 Å². The second kappa shape index (κ2) is 5.23. The number of hydrogen-bond acceptors (Lipinski definition) is 3. The summed E-state index contributed by atoms with van der Waals surface area (Å²) in [6, 6.07) is 0.702. The topological polar surface area (TPSA) is 43.8 Å². The molecule has 1 aliphatic carbocycles. The molecule has 0 spiro atoms. The van der Waals surface area contributed by atoms with Crippen molar-refractivity contribution in [2.24, 2.45) is 5.73 Å². The Bertz CT molecular complexity index is 335. The van der Waals surface area contributed by atoms with Gasteiger partial charge in [-0.3, -0.25) is 0 Å². The maximum atomic E-state index is 5.95. The van der Waals surface area contributed by atoms with Crippen molar-refractivity contribution in [3.05, 3.63) is 18.2 Å². The van der Waals surface area contributed by atoms with Gasteiger partial charge in [-0.1, -0.05) is 6.92 Å². The third kappa shape index (κ3) is 2.43. The van der Waals surface area contributed by atoms with Crippen molar-refractivity contribution in [2.75, 3.05) is 5.75 Å². The summed E-state index contributed by atoms with van der Waals surface area (Å²) in [6.45, 7) is 4.27. The van der Waals surface area contributed by atoms with Crippen molar-refractivity contribution < 1.29 is 0 Å². The third-order valence-electron chi connectivity index (χ3n) is 3.32. The van der Waals surface area contributed by atoms with Gasteiger partial charge in [0.2, 0.25) is 0 Å². The first-order chi connectivity index (χ1) is 7.72. The minimum absolute atomic E-state index is 0.0837. The highest BCUT2D eigenvalue weighted by Gasteiger charge is 2.27. The van der Waals surface area contributed by atoms with Crippen LogP contribution in [0.15, 0.2) is 12.5 Å². The zero-order valence-corrected chi connectivity index (χ0v) is 10.9. The first-order valence-corrected chi connectivity index (χ1v) is 7.16. The van der Waals surface area contributed by atoms with Crippen molar-refractivity contribution in [2.45, 2.75) is 50.4 Å². The number of hydrogen-bond donors (Lipinski definition) is 1. The van der Waals surface area contributed by atoms with Crippen LogP contribution in [0.2, 0.25) is 0 Å². The summed E-state index contributed by atoms with van der Waals surface area (Å²) in [5, 5.41) is 0.832. The molecule has 1 heterocycles. The second-order valence-electron chi connectivity index (χ2n) is 4.56. The predicted molar refractivity (Wildman–Crippen MR) is 69.6 cm³/mol. The summed E-state index contributed by atoms with van der Waals surface area (Å²) in [7, 11) is 0. The van der Waals surface area contributed by atoms with Crippen LogP contribution in [0.5, 0.6) is 0 Å². The average Bonchev–Trinajstić information content (AvgIpc) is 2.83. The molecule has 0 aliphatic heterocycles. The summed E-state index contributed by atoms with van der Waals surface area (Å²) in [5.74, 6) is 1.22. The SMILES string of the molecule is CCSC1CCC(n2cncc2[C@@H](C)N)C1. The Hall–Kier alpha value is -0.480. The van der Waals surface area contributed by atoms with E-state index in [0.29, 0.717) is 6.04 Å². The molecule has 1 fully saturated rings. The van der Waals surface area contributed by atoms with Crippen LogP contribution in [0.3, 0.4) is 0 Å². The van der Waals surface area contributed by atoms with Gasteiger partial charge in [0.05, 0.1) is 12.0 Å². The van der Waals surface area contributed by atoms with E-state index in [1.165, 1.54) is 30.7 Å². The Morgan fingerprint density at radius 2 is 2.44 bits per heavy atom. The fraction of sp³-hybridized carbons (Fsp3) is 0.750. The van der Waals surface area contributed by atoms with Crippen LogP contribution in [0.25, 0.3) is 0 Å².